The van der Waals surface area contributed by atoms with Crippen LogP contribution in [0.5, 0.6) is 0 Å². The number of nitrogens with zero attached hydrogens (tertiary/aromatic N) is 1. The van der Waals surface area contributed by atoms with E-state index < -0.39 is 0 Å². The molecule has 0 saturated carbocycles. The molecule has 0 spiro atoms. The summed E-state index contributed by atoms with van der Waals surface area (Å²) in [6.07, 6.45) is 3.55. The SMILES string of the molecule is O=C1C(=Cc2ccc[nH]2)NC(=S)N1c1ccccc1. The van der Waals surface area contributed by atoms with Gasteiger partial charge in [0.1, 0.15) is 5.70 Å². The van der Waals surface area contributed by atoms with E-state index in [1.807, 2.05) is 42.5 Å². The summed E-state index contributed by atoms with van der Waals surface area (Å²) in [5, 5.41) is 3.34. The highest BCUT2D eigenvalue weighted by Crippen LogP contribution is 2.21. The number of hydrogen-bond acceptors (Lipinski definition) is 2. The van der Waals surface area contributed by atoms with Gasteiger partial charge in [0.15, 0.2) is 5.11 Å². The Hall–Kier alpha value is -2.40. The van der Waals surface area contributed by atoms with Gasteiger partial charge in [-0.1, -0.05) is 18.2 Å². The second kappa shape index (κ2) is 4.70. The number of amides is 1. The van der Waals surface area contributed by atoms with Crippen molar-refractivity contribution >= 4 is 35.0 Å². The molecule has 94 valence electrons. The molecule has 5 heteroatoms. The van der Waals surface area contributed by atoms with Gasteiger partial charge in [-0.25, -0.2) is 0 Å². The Bertz CT molecular complexity index is 647. The lowest BCUT2D eigenvalue weighted by Crippen LogP contribution is -2.30. The number of nitrogens with one attached hydrogen (secondary N) is 2. The van der Waals surface area contributed by atoms with E-state index in [4.69, 9.17) is 12.2 Å². The average Bonchev–Trinajstić information content (AvgIpc) is 3.01. The number of hydrogen-bond donors (Lipinski definition) is 2. The van der Waals surface area contributed by atoms with Crippen LogP contribution in [-0.4, -0.2) is 16.0 Å². The maximum Gasteiger partial charge on any atom is 0.281 e. The fraction of sp³-hybridized carbons (Fsp3) is 0. The van der Waals surface area contributed by atoms with Crippen LogP contribution in [0.4, 0.5) is 5.69 Å². The Morgan fingerprint density at radius 2 is 1.89 bits per heavy atom. The third-order valence-corrected chi connectivity index (χ3v) is 3.10. The summed E-state index contributed by atoms with van der Waals surface area (Å²) in [6, 6.07) is 13.1. The molecule has 1 aliphatic heterocycles. The molecular formula is C14H11N3OS. The van der Waals surface area contributed by atoms with Crippen LogP contribution < -0.4 is 10.2 Å². The van der Waals surface area contributed by atoms with Crippen molar-refractivity contribution < 1.29 is 4.79 Å². The van der Waals surface area contributed by atoms with Crippen LogP contribution in [0.15, 0.2) is 54.4 Å². The van der Waals surface area contributed by atoms with Gasteiger partial charge in [-0.3, -0.25) is 9.69 Å². The van der Waals surface area contributed by atoms with Crippen LogP contribution in [0.3, 0.4) is 0 Å². The van der Waals surface area contributed by atoms with Crippen molar-refractivity contribution in [1.29, 1.82) is 0 Å². The van der Waals surface area contributed by atoms with Crippen molar-refractivity contribution in [3.63, 3.8) is 0 Å². The minimum Gasteiger partial charge on any atom is -0.362 e. The minimum absolute atomic E-state index is 0.147. The number of aromatic amines is 1. The van der Waals surface area contributed by atoms with Gasteiger partial charge >= 0.3 is 0 Å². The highest BCUT2D eigenvalue weighted by Gasteiger charge is 2.31. The first kappa shape index (κ1) is 11.7. The number of carbonyl (C=O) groups is 1. The van der Waals surface area contributed by atoms with Crippen molar-refractivity contribution in [2.45, 2.75) is 0 Å². The highest BCUT2D eigenvalue weighted by atomic mass is 32.1. The smallest absolute Gasteiger partial charge is 0.281 e. The molecule has 0 unspecified atom stereocenters. The molecule has 1 aromatic heterocycles. The van der Waals surface area contributed by atoms with E-state index in [1.54, 1.807) is 12.3 Å². The van der Waals surface area contributed by atoms with Gasteiger partial charge in [-0.15, -0.1) is 0 Å². The van der Waals surface area contributed by atoms with E-state index in [0.717, 1.165) is 11.4 Å². The average molecular weight is 269 g/mol. The molecular weight excluding hydrogens is 258 g/mol. The van der Waals surface area contributed by atoms with Gasteiger partial charge in [-0.2, -0.15) is 0 Å². The van der Waals surface area contributed by atoms with Gasteiger partial charge in [0.25, 0.3) is 5.91 Å². The summed E-state index contributed by atoms with van der Waals surface area (Å²) in [5.41, 5.74) is 2.09. The third kappa shape index (κ3) is 2.15. The molecule has 0 bridgehead atoms. The first-order chi connectivity index (χ1) is 9.25. The van der Waals surface area contributed by atoms with Crippen molar-refractivity contribution in [3.05, 3.63) is 60.1 Å². The van der Waals surface area contributed by atoms with E-state index in [2.05, 4.69) is 10.3 Å². The van der Waals surface area contributed by atoms with Crippen LogP contribution in [0.1, 0.15) is 5.69 Å². The molecule has 2 N–H and O–H groups in total. The molecule has 4 nitrogen and oxygen atoms in total. The Morgan fingerprint density at radius 1 is 1.11 bits per heavy atom. The number of thiocarbonyl (C=S) groups is 1. The largest absolute Gasteiger partial charge is 0.362 e. The van der Waals surface area contributed by atoms with Crippen LogP contribution >= 0.6 is 12.2 Å². The Balaban J connectivity index is 1.94. The standard InChI is InChI=1S/C14H11N3OS/c18-13-12(9-10-5-4-8-15-10)16-14(19)17(13)11-6-2-1-3-7-11/h1-9,15H,(H,16,19). The zero-order valence-corrected chi connectivity index (χ0v) is 10.8. The number of para-hydroxylation sites is 1. The topological polar surface area (TPSA) is 48.1 Å². The van der Waals surface area contributed by atoms with Crippen molar-refractivity contribution in [2.75, 3.05) is 4.90 Å². The lowest BCUT2D eigenvalue weighted by atomic mass is 10.3. The predicted octanol–water partition coefficient (Wildman–Crippen LogP) is 2.28. The maximum absolute atomic E-state index is 12.3. The molecule has 1 amide bonds. The molecule has 3 rings (SSSR count). The normalized spacial score (nSPS) is 17.1. The van der Waals surface area contributed by atoms with Crippen LogP contribution in [0, 0.1) is 0 Å². The summed E-state index contributed by atoms with van der Waals surface area (Å²) < 4.78 is 0. The lowest BCUT2D eigenvalue weighted by Gasteiger charge is -2.13. The summed E-state index contributed by atoms with van der Waals surface area (Å²) in [7, 11) is 0. The maximum atomic E-state index is 12.3. The van der Waals surface area contributed by atoms with E-state index in [0.29, 0.717) is 10.8 Å². The number of anilines is 1. The van der Waals surface area contributed by atoms with Crippen molar-refractivity contribution in [3.8, 4) is 0 Å². The number of aromatic nitrogens is 1. The predicted molar refractivity (Wildman–Crippen MR) is 78.4 cm³/mol. The molecule has 1 fully saturated rings. The van der Waals surface area contributed by atoms with E-state index in [1.165, 1.54) is 4.90 Å². The molecule has 1 aliphatic rings. The zero-order chi connectivity index (χ0) is 13.2. The molecule has 2 aromatic rings. The number of benzene rings is 1. The zero-order valence-electron chi connectivity index (χ0n) is 9.96. The summed E-state index contributed by atoms with van der Waals surface area (Å²) in [4.78, 5) is 16.9. The van der Waals surface area contributed by atoms with Crippen molar-refractivity contribution in [2.24, 2.45) is 0 Å². The van der Waals surface area contributed by atoms with Gasteiger partial charge < -0.3 is 10.3 Å². The van der Waals surface area contributed by atoms with Crippen LogP contribution in [-0.2, 0) is 4.79 Å². The number of H-pyrrole nitrogens is 1. The second-order valence-electron chi connectivity index (χ2n) is 4.09. The van der Waals surface area contributed by atoms with E-state index in [9.17, 15) is 4.79 Å². The fourth-order valence-corrected chi connectivity index (χ4v) is 2.23. The van der Waals surface area contributed by atoms with E-state index >= 15 is 0 Å². The van der Waals surface area contributed by atoms with E-state index in [-0.39, 0.29) is 5.91 Å². The van der Waals surface area contributed by atoms with Gasteiger partial charge in [0, 0.05) is 11.9 Å². The first-order valence-corrected chi connectivity index (χ1v) is 6.22. The van der Waals surface area contributed by atoms with Gasteiger partial charge in [0.2, 0.25) is 0 Å². The molecule has 0 aliphatic carbocycles. The fourth-order valence-electron chi connectivity index (χ4n) is 1.94. The molecule has 19 heavy (non-hydrogen) atoms. The second-order valence-corrected chi connectivity index (χ2v) is 4.48. The Labute approximate surface area is 115 Å². The summed E-state index contributed by atoms with van der Waals surface area (Å²) in [6.45, 7) is 0. The van der Waals surface area contributed by atoms with Crippen LogP contribution in [0.25, 0.3) is 6.08 Å². The Morgan fingerprint density at radius 3 is 2.58 bits per heavy atom. The number of rotatable bonds is 2. The molecule has 0 atom stereocenters. The first-order valence-electron chi connectivity index (χ1n) is 5.81. The van der Waals surface area contributed by atoms with Crippen molar-refractivity contribution in [1.82, 2.24) is 10.3 Å². The van der Waals surface area contributed by atoms with Gasteiger partial charge in [-0.05, 0) is 42.6 Å². The molecule has 2 heterocycles. The summed E-state index contributed by atoms with van der Waals surface area (Å²) in [5.74, 6) is -0.147. The monoisotopic (exact) mass is 269 g/mol. The van der Waals surface area contributed by atoms with Crippen LogP contribution in [0.2, 0.25) is 0 Å². The third-order valence-electron chi connectivity index (χ3n) is 2.81. The molecule has 0 radical (unpaired) electrons. The lowest BCUT2D eigenvalue weighted by molar-refractivity contribution is -0.113. The highest BCUT2D eigenvalue weighted by molar-refractivity contribution is 7.80. The quantitative estimate of drug-likeness (QED) is 0.649. The Kier molecular flexibility index (Phi) is 2.89. The molecule has 1 saturated heterocycles. The minimum atomic E-state index is -0.147. The summed E-state index contributed by atoms with van der Waals surface area (Å²) >= 11 is 5.22. The number of carbonyl (C=O) groups excluding carboxylic acids is 1. The molecule has 1 aromatic carbocycles. The van der Waals surface area contributed by atoms with Gasteiger partial charge in [0.05, 0.1) is 5.69 Å².